The van der Waals surface area contributed by atoms with Gasteiger partial charge in [0.05, 0.1) is 5.69 Å². The summed E-state index contributed by atoms with van der Waals surface area (Å²) in [5, 5.41) is 7.27. The van der Waals surface area contributed by atoms with Crippen LogP contribution in [-0.2, 0) is 0 Å². The summed E-state index contributed by atoms with van der Waals surface area (Å²) in [5.74, 6) is 0. The third kappa shape index (κ3) is 1.64. The lowest BCUT2D eigenvalue weighted by Crippen LogP contribution is -2.21. The Kier molecular flexibility index (Phi) is 2.30. The van der Waals surface area contributed by atoms with Crippen LogP contribution < -0.4 is 5.73 Å². The molecule has 0 aliphatic rings. The minimum absolute atomic E-state index is 0.147. The molecule has 0 bridgehead atoms. The summed E-state index contributed by atoms with van der Waals surface area (Å²) in [5.41, 5.74) is 5.78. The van der Waals surface area contributed by atoms with E-state index in [0.29, 0.717) is 0 Å². The van der Waals surface area contributed by atoms with Gasteiger partial charge in [-0.05, 0) is 34.8 Å². The minimum Gasteiger partial charge on any atom is -0.350 e. The Morgan fingerprint density at radius 1 is 1.27 bits per heavy atom. The average molecular weight is 221 g/mol. The summed E-state index contributed by atoms with van der Waals surface area (Å²) in [4.78, 5) is 10.9. The highest BCUT2D eigenvalue weighted by molar-refractivity contribution is 7.71. The van der Waals surface area contributed by atoms with Crippen molar-refractivity contribution < 1.29 is 4.79 Å². The third-order valence-electron chi connectivity index (χ3n) is 1.79. The van der Waals surface area contributed by atoms with Crippen molar-refractivity contribution in [1.82, 2.24) is 19.8 Å². The minimum atomic E-state index is -0.748. The van der Waals surface area contributed by atoms with E-state index in [4.69, 9.17) is 18.0 Å². The van der Waals surface area contributed by atoms with E-state index >= 15 is 0 Å². The molecule has 15 heavy (non-hydrogen) atoms. The van der Waals surface area contributed by atoms with Crippen LogP contribution in [0, 0.1) is 4.77 Å². The predicted octanol–water partition coefficient (Wildman–Crippen LogP) is 0.725. The predicted molar refractivity (Wildman–Crippen MR) is 55.2 cm³/mol. The van der Waals surface area contributed by atoms with Gasteiger partial charge in [0.2, 0.25) is 4.77 Å². The van der Waals surface area contributed by atoms with E-state index in [0.717, 1.165) is 10.4 Å². The standard InChI is InChI=1S/C8H7N5OS/c9-7(14)13-8(15)12(10-11-13)6-4-2-1-3-5-6/h1-5H,(H2,9,14). The fourth-order valence-corrected chi connectivity index (χ4v) is 1.38. The molecule has 0 saturated carbocycles. The molecule has 0 spiro atoms. The fourth-order valence-electron chi connectivity index (χ4n) is 1.12. The van der Waals surface area contributed by atoms with Crippen LogP contribution in [0.5, 0.6) is 0 Å². The number of carbonyl (C=O) groups excluding carboxylic acids is 1. The first-order valence-corrected chi connectivity index (χ1v) is 4.51. The van der Waals surface area contributed by atoms with Crippen molar-refractivity contribution in [1.29, 1.82) is 0 Å². The highest BCUT2D eigenvalue weighted by Crippen LogP contribution is 2.04. The molecular formula is C8H7N5OS. The lowest BCUT2D eigenvalue weighted by Gasteiger charge is -1.96. The zero-order chi connectivity index (χ0) is 10.8. The summed E-state index contributed by atoms with van der Waals surface area (Å²) in [6, 6.07) is 8.39. The van der Waals surface area contributed by atoms with Gasteiger partial charge in [-0.15, -0.1) is 4.68 Å². The quantitative estimate of drug-likeness (QED) is 0.568. The van der Waals surface area contributed by atoms with Crippen LogP contribution in [0.4, 0.5) is 4.79 Å². The van der Waals surface area contributed by atoms with Gasteiger partial charge in [0, 0.05) is 0 Å². The lowest BCUT2D eigenvalue weighted by molar-refractivity contribution is 0.247. The number of tetrazole rings is 1. The molecule has 6 nitrogen and oxygen atoms in total. The summed E-state index contributed by atoms with van der Waals surface area (Å²) in [7, 11) is 0. The van der Waals surface area contributed by atoms with Crippen LogP contribution in [-0.4, -0.2) is 25.8 Å². The molecule has 1 amide bonds. The molecule has 0 fully saturated rings. The largest absolute Gasteiger partial charge is 0.350 e. The molecule has 1 heterocycles. The summed E-state index contributed by atoms with van der Waals surface area (Å²) >= 11 is 4.98. The van der Waals surface area contributed by atoms with Crippen molar-refractivity contribution in [3.63, 3.8) is 0 Å². The van der Waals surface area contributed by atoms with Gasteiger partial charge in [-0.3, -0.25) is 0 Å². The van der Waals surface area contributed by atoms with E-state index in [2.05, 4.69) is 10.4 Å². The van der Waals surface area contributed by atoms with Crippen molar-refractivity contribution in [2.45, 2.75) is 0 Å². The number of benzene rings is 1. The van der Waals surface area contributed by atoms with Gasteiger partial charge in [0.15, 0.2) is 0 Å². The normalized spacial score (nSPS) is 10.1. The molecule has 1 aromatic carbocycles. The van der Waals surface area contributed by atoms with Crippen molar-refractivity contribution in [3.05, 3.63) is 35.1 Å². The second-order valence-corrected chi connectivity index (χ2v) is 3.12. The van der Waals surface area contributed by atoms with Gasteiger partial charge >= 0.3 is 6.03 Å². The van der Waals surface area contributed by atoms with Gasteiger partial charge < -0.3 is 5.73 Å². The van der Waals surface area contributed by atoms with Gasteiger partial charge in [-0.25, -0.2) is 4.79 Å². The number of rotatable bonds is 1. The molecule has 2 N–H and O–H groups in total. The Bertz CT molecular complexity index is 544. The molecule has 2 aromatic rings. The maximum absolute atomic E-state index is 10.9. The van der Waals surface area contributed by atoms with Gasteiger partial charge in [0.1, 0.15) is 0 Å². The van der Waals surface area contributed by atoms with Gasteiger partial charge in [0.25, 0.3) is 0 Å². The summed E-state index contributed by atoms with van der Waals surface area (Å²) in [6.07, 6.45) is 0. The monoisotopic (exact) mass is 221 g/mol. The number of para-hydroxylation sites is 1. The van der Waals surface area contributed by atoms with Crippen LogP contribution >= 0.6 is 12.2 Å². The molecule has 1 aromatic heterocycles. The molecule has 2 rings (SSSR count). The number of hydrogen-bond donors (Lipinski definition) is 1. The van der Waals surface area contributed by atoms with E-state index in [9.17, 15) is 4.79 Å². The topological polar surface area (TPSA) is 78.7 Å². The summed E-state index contributed by atoms with van der Waals surface area (Å²) < 4.78 is 2.37. The lowest BCUT2D eigenvalue weighted by atomic mass is 10.3. The Morgan fingerprint density at radius 3 is 2.47 bits per heavy atom. The average Bonchev–Trinajstić information content (AvgIpc) is 2.61. The van der Waals surface area contributed by atoms with E-state index < -0.39 is 6.03 Å². The summed E-state index contributed by atoms with van der Waals surface area (Å²) in [6.45, 7) is 0. The van der Waals surface area contributed by atoms with E-state index in [1.165, 1.54) is 4.68 Å². The van der Waals surface area contributed by atoms with E-state index in [1.54, 1.807) is 12.1 Å². The van der Waals surface area contributed by atoms with Crippen molar-refractivity contribution in [3.8, 4) is 5.69 Å². The highest BCUT2D eigenvalue weighted by Gasteiger charge is 2.08. The Labute approximate surface area is 89.9 Å². The van der Waals surface area contributed by atoms with Gasteiger partial charge in [-0.2, -0.15) is 4.68 Å². The van der Waals surface area contributed by atoms with Crippen LogP contribution in [0.25, 0.3) is 5.69 Å². The molecule has 0 aliphatic carbocycles. The molecule has 0 radical (unpaired) electrons. The fraction of sp³-hybridized carbons (Fsp3) is 0. The third-order valence-corrected chi connectivity index (χ3v) is 2.14. The SMILES string of the molecule is NC(=O)n1nnn(-c2ccccc2)c1=S. The van der Waals surface area contributed by atoms with Crippen molar-refractivity contribution in [2.75, 3.05) is 0 Å². The molecule has 0 unspecified atom stereocenters. The molecule has 0 aliphatic heterocycles. The van der Waals surface area contributed by atoms with E-state index in [1.807, 2.05) is 18.2 Å². The molecule has 0 atom stereocenters. The zero-order valence-corrected chi connectivity index (χ0v) is 8.39. The molecule has 76 valence electrons. The van der Waals surface area contributed by atoms with E-state index in [-0.39, 0.29) is 4.77 Å². The molecular weight excluding hydrogens is 214 g/mol. The van der Waals surface area contributed by atoms with Crippen molar-refractivity contribution >= 4 is 18.2 Å². The maximum Gasteiger partial charge on any atom is 0.343 e. The number of nitrogens with two attached hydrogens (primary N) is 1. The Balaban J connectivity index is 2.57. The highest BCUT2D eigenvalue weighted by atomic mass is 32.1. The Hall–Kier alpha value is -2.02. The number of carbonyl (C=O) groups is 1. The number of hydrogen-bond acceptors (Lipinski definition) is 4. The number of nitrogens with zero attached hydrogens (tertiary/aromatic N) is 4. The number of primary amides is 1. The molecule has 0 saturated heterocycles. The van der Waals surface area contributed by atoms with Crippen LogP contribution in [0.1, 0.15) is 0 Å². The first kappa shape index (κ1) is 9.53. The first-order valence-electron chi connectivity index (χ1n) is 4.10. The number of amides is 1. The Morgan fingerprint density at radius 2 is 1.93 bits per heavy atom. The maximum atomic E-state index is 10.9. The van der Waals surface area contributed by atoms with Crippen LogP contribution in [0.15, 0.2) is 30.3 Å². The zero-order valence-electron chi connectivity index (χ0n) is 7.57. The molecule has 7 heteroatoms. The second kappa shape index (κ2) is 3.62. The van der Waals surface area contributed by atoms with Crippen molar-refractivity contribution in [2.24, 2.45) is 5.73 Å². The number of aromatic nitrogens is 4. The van der Waals surface area contributed by atoms with Gasteiger partial charge in [-0.1, -0.05) is 18.2 Å². The smallest absolute Gasteiger partial charge is 0.343 e. The van der Waals surface area contributed by atoms with Crippen LogP contribution in [0.3, 0.4) is 0 Å². The first-order chi connectivity index (χ1) is 7.20. The van der Waals surface area contributed by atoms with Crippen LogP contribution in [0.2, 0.25) is 0 Å². The second-order valence-electron chi connectivity index (χ2n) is 2.76.